The van der Waals surface area contributed by atoms with E-state index < -0.39 is 22.0 Å². The molecule has 1 saturated heterocycles. The van der Waals surface area contributed by atoms with Crippen LogP contribution in [0.4, 0.5) is 0 Å². The van der Waals surface area contributed by atoms with Crippen LogP contribution in [0.2, 0.25) is 0 Å². The van der Waals surface area contributed by atoms with Gasteiger partial charge in [-0.25, -0.2) is 13.1 Å². The lowest BCUT2D eigenvalue weighted by Crippen LogP contribution is -2.42. The van der Waals surface area contributed by atoms with Crippen LogP contribution in [0, 0.1) is 5.92 Å². The Bertz CT molecular complexity index is 376. The molecule has 1 unspecified atom stereocenters. The van der Waals surface area contributed by atoms with Crippen molar-refractivity contribution in [3.05, 3.63) is 0 Å². The molecule has 7 heteroatoms. The van der Waals surface area contributed by atoms with Crippen molar-refractivity contribution in [2.75, 3.05) is 19.0 Å². The topological polar surface area (TPSA) is 92.7 Å². The van der Waals surface area contributed by atoms with Crippen LogP contribution in [0.15, 0.2) is 0 Å². The second-order valence-electron chi connectivity index (χ2n) is 4.96. The van der Waals surface area contributed by atoms with Crippen molar-refractivity contribution in [1.82, 2.24) is 4.72 Å². The summed E-state index contributed by atoms with van der Waals surface area (Å²) in [5.74, 6) is -0.762. The van der Waals surface area contributed by atoms with Gasteiger partial charge in [-0.2, -0.15) is 0 Å². The van der Waals surface area contributed by atoms with Crippen molar-refractivity contribution >= 4 is 16.0 Å². The van der Waals surface area contributed by atoms with Crippen LogP contribution in [0.5, 0.6) is 0 Å². The molecular weight excluding hydrogens is 270 g/mol. The molecule has 0 spiro atoms. The van der Waals surface area contributed by atoms with E-state index in [1.807, 2.05) is 6.92 Å². The number of sulfonamides is 1. The van der Waals surface area contributed by atoms with Crippen molar-refractivity contribution < 1.29 is 23.1 Å². The largest absolute Gasteiger partial charge is 0.480 e. The van der Waals surface area contributed by atoms with Crippen LogP contribution in [0.25, 0.3) is 0 Å². The molecule has 1 rings (SSSR count). The zero-order chi connectivity index (χ0) is 14.3. The van der Waals surface area contributed by atoms with E-state index >= 15 is 0 Å². The second kappa shape index (κ2) is 7.81. The minimum atomic E-state index is -3.52. The van der Waals surface area contributed by atoms with Gasteiger partial charge in [-0.1, -0.05) is 13.3 Å². The molecule has 1 aliphatic heterocycles. The van der Waals surface area contributed by atoms with Gasteiger partial charge in [-0.3, -0.25) is 4.79 Å². The van der Waals surface area contributed by atoms with Crippen molar-refractivity contribution in [2.24, 2.45) is 5.92 Å². The Morgan fingerprint density at radius 1 is 1.42 bits per heavy atom. The molecule has 0 saturated carbocycles. The molecule has 1 atom stereocenters. The molecule has 0 aromatic rings. The summed E-state index contributed by atoms with van der Waals surface area (Å²) in [6.45, 7) is 3.20. The molecule has 0 radical (unpaired) electrons. The molecule has 1 aliphatic rings. The van der Waals surface area contributed by atoms with Gasteiger partial charge in [0, 0.05) is 13.2 Å². The molecule has 0 aromatic carbocycles. The van der Waals surface area contributed by atoms with Crippen LogP contribution >= 0.6 is 0 Å². The van der Waals surface area contributed by atoms with Crippen LogP contribution in [-0.4, -0.2) is 44.5 Å². The first kappa shape index (κ1) is 16.4. The van der Waals surface area contributed by atoms with E-state index in [0.29, 0.717) is 38.4 Å². The van der Waals surface area contributed by atoms with Gasteiger partial charge in [0.2, 0.25) is 10.0 Å². The smallest absolute Gasteiger partial charge is 0.321 e. The number of rotatable bonds is 8. The first-order valence-corrected chi connectivity index (χ1v) is 8.40. The lowest BCUT2D eigenvalue weighted by Gasteiger charge is -2.22. The molecule has 0 bridgehead atoms. The summed E-state index contributed by atoms with van der Waals surface area (Å²) in [4.78, 5) is 10.9. The number of hydrogen-bond acceptors (Lipinski definition) is 4. The lowest BCUT2D eigenvalue weighted by atomic mass is 9.98. The first-order valence-electron chi connectivity index (χ1n) is 6.75. The molecule has 0 aromatic heterocycles. The van der Waals surface area contributed by atoms with Gasteiger partial charge >= 0.3 is 5.97 Å². The molecule has 1 fully saturated rings. The summed E-state index contributed by atoms with van der Waals surface area (Å²) in [7, 11) is -3.52. The third-order valence-corrected chi connectivity index (χ3v) is 4.75. The van der Waals surface area contributed by atoms with E-state index in [4.69, 9.17) is 9.84 Å². The quantitative estimate of drug-likeness (QED) is 0.696. The Hall–Kier alpha value is -0.660. The minimum Gasteiger partial charge on any atom is -0.480 e. The van der Waals surface area contributed by atoms with Gasteiger partial charge in [0.15, 0.2) is 0 Å². The van der Waals surface area contributed by atoms with Crippen molar-refractivity contribution in [2.45, 2.75) is 45.1 Å². The molecule has 2 N–H and O–H groups in total. The third kappa shape index (κ3) is 6.35. The summed E-state index contributed by atoms with van der Waals surface area (Å²) < 4.78 is 31.2. The second-order valence-corrected chi connectivity index (χ2v) is 6.83. The Morgan fingerprint density at radius 3 is 2.58 bits per heavy atom. The predicted molar refractivity (Wildman–Crippen MR) is 71.4 cm³/mol. The average molecular weight is 293 g/mol. The summed E-state index contributed by atoms with van der Waals surface area (Å²) in [6.07, 6.45) is 3.27. The maximum Gasteiger partial charge on any atom is 0.321 e. The fraction of sp³-hybridized carbons (Fsp3) is 0.917. The van der Waals surface area contributed by atoms with Gasteiger partial charge in [-0.15, -0.1) is 0 Å². The van der Waals surface area contributed by atoms with Gasteiger partial charge in [-0.05, 0) is 31.6 Å². The Labute approximate surface area is 114 Å². The molecule has 6 nitrogen and oxygen atoms in total. The number of carboxylic acids is 1. The van der Waals surface area contributed by atoms with Crippen molar-refractivity contribution in [1.29, 1.82) is 0 Å². The summed E-state index contributed by atoms with van der Waals surface area (Å²) >= 11 is 0. The van der Waals surface area contributed by atoms with E-state index in [0.717, 1.165) is 12.8 Å². The lowest BCUT2D eigenvalue weighted by molar-refractivity contribution is -0.139. The number of aliphatic carboxylic acids is 1. The van der Waals surface area contributed by atoms with Gasteiger partial charge in [0.1, 0.15) is 6.04 Å². The Kier molecular flexibility index (Phi) is 6.74. The highest BCUT2D eigenvalue weighted by Crippen LogP contribution is 2.19. The van der Waals surface area contributed by atoms with E-state index in [2.05, 4.69) is 4.72 Å². The molecule has 1 heterocycles. The fourth-order valence-electron chi connectivity index (χ4n) is 2.15. The highest BCUT2D eigenvalue weighted by atomic mass is 32.2. The molecule has 0 aliphatic carbocycles. The van der Waals surface area contributed by atoms with E-state index in [-0.39, 0.29) is 5.75 Å². The van der Waals surface area contributed by atoms with Crippen LogP contribution in [0.3, 0.4) is 0 Å². The number of carbonyl (C=O) groups is 1. The zero-order valence-electron chi connectivity index (χ0n) is 11.3. The summed E-state index contributed by atoms with van der Waals surface area (Å²) in [5.41, 5.74) is 0. The van der Waals surface area contributed by atoms with Crippen LogP contribution in [-0.2, 0) is 19.6 Å². The molecule has 0 amide bonds. The monoisotopic (exact) mass is 293 g/mol. The Morgan fingerprint density at radius 2 is 2.05 bits per heavy atom. The maximum atomic E-state index is 11.9. The number of hydrogen-bond donors (Lipinski definition) is 2. The number of nitrogens with one attached hydrogen (secondary N) is 1. The minimum absolute atomic E-state index is 0.00877. The van der Waals surface area contributed by atoms with Crippen molar-refractivity contribution in [3.8, 4) is 0 Å². The first-order chi connectivity index (χ1) is 8.94. The molecule has 19 heavy (non-hydrogen) atoms. The SMILES string of the molecule is CCCC(NS(=O)(=O)CCC1CCOCC1)C(=O)O. The average Bonchev–Trinajstić information content (AvgIpc) is 2.37. The predicted octanol–water partition coefficient (Wildman–Crippen LogP) is 0.976. The summed E-state index contributed by atoms with van der Waals surface area (Å²) in [5, 5.41) is 8.94. The molecular formula is C12H23NO5S. The standard InChI is InChI=1S/C12H23NO5S/c1-2-3-11(12(14)15)13-19(16,17)9-6-10-4-7-18-8-5-10/h10-11,13H,2-9H2,1H3,(H,14,15). The highest BCUT2D eigenvalue weighted by molar-refractivity contribution is 7.89. The highest BCUT2D eigenvalue weighted by Gasteiger charge is 2.24. The van der Waals surface area contributed by atoms with Gasteiger partial charge < -0.3 is 9.84 Å². The number of carboxylic acid groups (broad SMARTS) is 1. The maximum absolute atomic E-state index is 11.9. The van der Waals surface area contributed by atoms with Gasteiger partial charge in [0.05, 0.1) is 5.75 Å². The van der Waals surface area contributed by atoms with E-state index in [9.17, 15) is 13.2 Å². The van der Waals surface area contributed by atoms with Crippen LogP contribution in [0.1, 0.15) is 39.0 Å². The van der Waals surface area contributed by atoms with Gasteiger partial charge in [0.25, 0.3) is 0 Å². The van der Waals surface area contributed by atoms with E-state index in [1.165, 1.54) is 0 Å². The molecule has 112 valence electrons. The Balaban J connectivity index is 2.43. The van der Waals surface area contributed by atoms with E-state index in [1.54, 1.807) is 0 Å². The fourth-order valence-corrected chi connectivity index (χ4v) is 3.57. The normalized spacial score (nSPS) is 19.2. The van der Waals surface area contributed by atoms with Crippen molar-refractivity contribution in [3.63, 3.8) is 0 Å². The van der Waals surface area contributed by atoms with Crippen LogP contribution < -0.4 is 4.72 Å². The third-order valence-electron chi connectivity index (χ3n) is 3.33. The summed E-state index contributed by atoms with van der Waals surface area (Å²) in [6, 6.07) is -1.01. The number of ether oxygens (including phenoxy) is 1. The zero-order valence-corrected chi connectivity index (χ0v) is 12.1.